The summed E-state index contributed by atoms with van der Waals surface area (Å²) in [5.41, 5.74) is 0.662. The van der Waals surface area contributed by atoms with E-state index in [1.54, 1.807) is 30.3 Å². The fraction of sp³-hybridized carbons (Fsp3) is 0.0625. The molecule has 2 aromatic rings. The van der Waals surface area contributed by atoms with Crippen molar-refractivity contribution in [1.82, 2.24) is 0 Å². The van der Waals surface area contributed by atoms with Gasteiger partial charge < -0.3 is 14.2 Å². The lowest BCUT2D eigenvalue weighted by Crippen LogP contribution is -2.01. The van der Waals surface area contributed by atoms with Crippen LogP contribution in [0.2, 0.25) is 5.02 Å². The van der Waals surface area contributed by atoms with Gasteiger partial charge in [-0.3, -0.25) is 0 Å². The fourth-order valence-corrected chi connectivity index (χ4v) is 2.13. The zero-order valence-electron chi connectivity index (χ0n) is 11.1. The molecule has 0 fully saturated rings. The average molecular weight is 303 g/mol. The standard InChI is InChI=1S/C16H11ClO4/c1-19-16(18)9-14-11-4-2-3-5-12(11)20-13-7-6-10(17)8-15(13)21-14/h2-9H,1H3. The normalized spacial score (nSPS) is 14.3. The third-order valence-electron chi connectivity index (χ3n) is 2.95. The molecule has 0 unspecified atom stereocenters. The predicted molar refractivity (Wildman–Crippen MR) is 78.6 cm³/mol. The van der Waals surface area contributed by atoms with Crippen molar-refractivity contribution in [1.29, 1.82) is 0 Å². The largest absolute Gasteiger partial charge is 0.466 e. The van der Waals surface area contributed by atoms with E-state index < -0.39 is 5.97 Å². The van der Waals surface area contributed by atoms with Crippen LogP contribution in [0.1, 0.15) is 5.56 Å². The summed E-state index contributed by atoms with van der Waals surface area (Å²) < 4.78 is 16.3. The Morgan fingerprint density at radius 2 is 1.90 bits per heavy atom. The molecule has 0 amide bonds. The van der Waals surface area contributed by atoms with Crippen molar-refractivity contribution in [2.45, 2.75) is 0 Å². The van der Waals surface area contributed by atoms with E-state index >= 15 is 0 Å². The molecule has 0 N–H and O–H groups in total. The maximum absolute atomic E-state index is 11.5. The molecule has 1 aliphatic heterocycles. The van der Waals surface area contributed by atoms with Crippen molar-refractivity contribution < 1.29 is 19.0 Å². The van der Waals surface area contributed by atoms with E-state index in [0.717, 1.165) is 0 Å². The number of fused-ring (bicyclic) bond motifs is 2. The van der Waals surface area contributed by atoms with Gasteiger partial charge in [0.05, 0.1) is 18.7 Å². The minimum atomic E-state index is -0.509. The molecule has 4 nitrogen and oxygen atoms in total. The molecular formula is C16H11ClO4. The number of carbonyl (C=O) groups is 1. The second kappa shape index (κ2) is 5.50. The van der Waals surface area contributed by atoms with Gasteiger partial charge in [-0.05, 0) is 24.3 Å². The molecule has 0 aliphatic carbocycles. The molecule has 0 bridgehead atoms. The summed E-state index contributed by atoms with van der Waals surface area (Å²) in [7, 11) is 1.31. The summed E-state index contributed by atoms with van der Waals surface area (Å²) in [6.07, 6.45) is 1.28. The van der Waals surface area contributed by atoms with Gasteiger partial charge in [-0.25, -0.2) is 4.79 Å². The van der Waals surface area contributed by atoms with Gasteiger partial charge in [0.25, 0.3) is 0 Å². The highest BCUT2D eigenvalue weighted by Gasteiger charge is 2.21. The van der Waals surface area contributed by atoms with Crippen LogP contribution in [-0.2, 0) is 9.53 Å². The summed E-state index contributed by atoms with van der Waals surface area (Å²) in [5.74, 6) is 1.39. The van der Waals surface area contributed by atoms with Gasteiger partial charge in [0.2, 0.25) is 0 Å². The number of ether oxygens (including phenoxy) is 3. The number of hydrogen-bond donors (Lipinski definition) is 0. The monoisotopic (exact) mass is 302 g/mol. The van der Waals surface area contributed by atoms with Crippen molar-refractivity contribution in [3.63, 3.8) is 0 Å². The van der Waals surface area contributed by atoms with Crippen LogP contribution in [-0.4, -0.2) is 13.1 Å². The number of esters is 1. The zero-order chi connectivity index (χ0) is 14.8. The molecule has 1 heterocycles. The highest BCUT2D eigenvalue weighted by atomic mass is 35.5. The lowest BCUT2D eigenvalue weighted by atomic mass is 10.1. The summed E-state index contributed by atoms with van der Waals surface area (Å²) in [5, 5.41) is 0.515. The SMILES string of the molecule is COC(=O)C=C1Oc2cc(Cl)ccc2Oc2ccccc21. The molecule has 2 aromatic carbocycles. The van der Waals surface area contributed by atoms with E-state index in [4.69, 9.17) is 21.1 Å². The third kappa shape index (κ3) is 2.71. The molecule has 0 spiro atoms. The van der Waals surface area contributed by atoms with Crippen molar-refractivity contribution in [3.05, 3.63) is 59.1 Å². The molecule has 0 radical (unpaired) electrons. The van der Waals surface area contributed by atoms with Gasteiger partial charge in [-0.2, -0.15) is 0 Å². The van der Waals surface area contributed by atoms with Gasteiger partial charge >= 0.3 is 5.97 Å². The molecule has 0 atom stereocenters. The van der Waals surface area contributed by atoms with Crippen LogP contribution in [0.15, 0.2) is 48.5 Å². The predicted octanol–water partition coefficient (Wildman–Crippen LogP) is 4.04. The van der Waals surface area contributed by atoms with Crippen LogP contribution in [0.5, 0.6) is 17.2 Å². The maximum Gasteiger partial charge on any atom is 0.334 e. The van der Waals surface area contributed by atoms with E-state index in [2.05, 4.69) is 4.74 Å². The molecule has 5 heteroatoms. The average Bonchev–Trinajstić information content (AvgIpc) is 2.63. The lowest BCUT2D eigenvalue weighted by molar-refractivity contribution is -0.134. The molecule has 0 saturated carbocycles. The topological polar surface area (TPSA) is 44.8 Å². The summed E-state index contributed by atoms with van der Waals surface area (Å²) >= 11 is 5.98. The van der Waals surface area contributed by atoms with E-state index in [0.29, 0.717) is 33.6 Å². The second-order valence-electron chi connectivity index (χ2n) is 4.32. The number of benzene rings is 2. The number of halogens is 1. The van der Waals surface area contributed by atoms with Gasteiger partial charge in [0, 0.05) is 11.1 Å². The number of methoxy groups -OCH3 is 1. The minimum Gasteiger partial charge on any atom is -0.466 e. The molecule has 21 heavy (non-hydrogen) atoms. The second-order valence-corrected chi connectivity index (χ2v) is 4.76. The van der Waals surface area contributed by atoms with Gasteiger partial charge in [0.15, 0.2) is 11.5 Å². The number of hydrogen-bond acceptors (Lipinski definition) is 4. The van der Waals surface area contributed by atoms with Gasteiger partial charge in [0.1, 0.15) is 11.5 Å². The van der Waals surface area contributed by atoms with E-state index in [1.165, 1.54) is 13.2 Å². The highest BCUT2D eigenvalue weighted by Crippen LogP contribution is 2.42. The molecule has 106 valence electrons. The number of para-hydroxylation sites is 1. The van der Waals surface area contributed by atoms with Crippen molar-refractivity contribution in [3.8, 4) is 17.2 Å². The molecular weight excluding hydrogens is 292 g/mol. The van der Waals surface area contributed by atoms with Gasteiger partial charge in [-0.15, -0.1) is 0 Å². The van der Waals surface area contributed by atoms with Crippen LogP contribution in [0, 0.1) is 0 Å². The summed E-state index contributed by atoms with van der Waals surface area (Å²) in [6, 6.07) is 12.3. The Hall–Kier alpha value is -2.46. The van der Waals surface area contributed by atoms with Gasteiger partial charge in [-0.1, -0.05) is 23.7 Å². The quantitative estimate of drug-likeness (QED) is 0.589. The number of rotatable bonds is 1. The molecule has 0 saturated heterocycles. The zero-order valence-corrected chi connectivity index (χ0v) is 11.9. The Bertz CT molecular complexity index is 737. The highest BCUT2D eigenvalue weighted by molar-refractivity contribution is 6.30. The molecule has 1 aliphatic rings. The smallest absolute Gasteiger partial charge is 0.334 e. The first kappa shape index (κ1) is 13.5. The van der Waals surface area contributed by atoms with Crippen molar-refractivity contribution in [2.75, 3.05) is 7.11 Å². The van der Waals surface area contributed by atoms with Crippen molar-refractivity contribution >= 4 is 23.3 Å². The summed E-state index contributed by atoms with van der Waals surface area (Å²) in [4.78, 5) is 11.5. The van der Waals surface area contributed by atoms with E-state index in [9.17, 15) is 4.79 Å². The maximum atomic E-state index is 11.5. The van der Waals surface area contributed by atoms with Crippen LogP contribution in [0.4, 0.5) is 0 Å². The third-order valence-corrected chi connectivity index (χ3v) is 3.18. The molecule has 0 aromatic heterocycles. The van der Waals surface area contributed by atoms with Crippen LogP contribution >= 0.6 is 11.6 Å². The van der Waals surface area contributed by atoms with Crippen LogP contribution in [0.25, 0.3) is 5.76 Å². The Morgan fingerprint density at radius 3 is 2.71 bits per heavy atom. The lowest BCUT2D eigenvalue weighted by Gasteiger charge is -2.08. The Kier molecular flexibility index (Phi) is 3.54. The Balaban J connectivity index is 2.16. The number of carbonyl (C=O) groups excluding carboxylic acids is 1. The van der Waals surface area contributed by atoms with Crippen molar-refractivity contribution in [2.24, 2.45) is 0 Å². The minimum absolute atomic E-state index is 0.346. The van der Waals surface area contributed by atoms with Crippen LogP contribution in [0.3, 0.4) is 0 Å². The van der Waals surface area contributed by atoms with Crippen LogP contribution < -0.4 is 9.47 Å². The first-order valence-electron chi connectivity index (χ1n) is 6.21. The Labute approximate surface area is 126 Å². The molecule has 3 rings (SSSR count). The fourth-order valence-electron chi connectivity index (χ4n) is 1.97. The Morgan fingerprint density at radius 1 is 1.10 bits per heavy atom. The first-order chi connectivity index (χ1) is 10.2. The van der Waals surface area contributed by atoms with E-state index in [1.807, 2.05) is 12.1 Å². The first-order valence-corrected chi connectivity index (χ1v) is 6.59. The summed E-state index contributed by atoms with van der Waals surface area (Å²) in [6.45, 7) is 0. The van der Waals surface area contributed by atoms with E-state index in [-0.39, 0.29) is 0 Å².